The lowest BCUT2D eigenvalue weighted by Crippen LogP contribution is -2.04. The molecule has 0 bridgehead atoms. The average molecular weight is 248 g/mol. The van der Waals surface area contributed by atoms with E-state index in [0.29, 0.717) is 0 Å². The van der Waals surface area contributed by atoms with Crippen molar-refractivity contribution in [1.82, 2.24) is 10.3 Å². The molecule has 94 valence electrons. The van der Waals surface area contributed by atoms with Crippen LogP contribution in [0.1, 0.15) is 5.56 Å². The average Bonchev–Trinajstić information content (AvgIpc) is 2.47. The molecule has 0 saturated heterocycles. The number of aromatic nitrogens is 1. The van der Waals surface area contributed by atoms with Crippen LogP contribution in [-0.4, -0.2) is 12.0 Å². The van der Waals surface area contributed by atoms with Gasteiger partial charge in [0.2, 0.25) is 0 Å². The Morgan fingerprint density at radius 1 is 1.05 bits per heavy atom. The number of nitrogens with one attached hydrogen (secondary N) is 1. The Bertz CT molecular complexity index is 699. The largest absolute Gasteiger partial charge is 0.316 e. The fourth-order valence-electron chi connectivity index (χ4n) is 2.43. The highest BCUT2D eigenvalue weighted by molar-refractivity contribution is 5.96. The molecule has 0 unspecified atom stereocenters. The molecular weight excluding hydrogens is 232 g/mol. The quantitative estimate of drug-likeness (QED) is 0.765. The van der Waals surface area contributed by atoms with Crippen LogP contribution in [0.25, 0.3) is 21.9 Å². The standard InChI is InChI=1S/C17H16N2/c1-18-11-13-4-2-5-14(10-13)16-7-3-6-15-12-19-9-8-17(15)16/h2-10,12,18H,11H2,1H3. The molecule has 0 aliphatic carbocycles. The molecule has 0 aliphatic heterocycles. The summed E-state index contributed by atoms with van der Waals surface area (Å²) in [6, 6.07) is 17.1. The van der Waals surface area contributed by atoms with Gasteiger partial charge in [-0.05, 0) is 41.3 Å². The summed E-state index contributed by atoms with van der Waals surface area (Å²) in [7, 11) is 1.97. The molecule has 0 atom stereocenters. The molecule has 0 radical (unpaired) electrons. The maximum Gasteiger partial charge on any atom is 0.0346 e. The first-order valence-corrected chi connectivity index (χ1v) is 6.45. The summed E-state index contributed by atoms with van der Waals surface area (Å²) in [6.07, 6.45) is 3.76. The Morgan fingerprint density at radius 3 is 2.84 bits per heavy atom. The number of nitrogens with zero attached hydrogens (tertiary/aromatic N) is 1. The predicted molar refractivity (Wildman–Crippen MR) is 79.9 cm³/mol. The Morgan fingerprint density at radius 2 is 1.95 bits per heavy atom. The predicted octanol–water partition coefficient (Wildman–Crippen LogP) is 3.62. The molecule has 1 N–H and O–H groups in total. The van der Waals surface area contributed by atoms with Crippen molar-refractivity contribution < 1.29 is 0 Å². The minimum atomic E-state index is 0.889. The summed E-state index contributed by atoms with van der Waals surface area (Å²) in [4.78, 5) is 4.18. The van der Waals surface area contributed by atoms with Gasteiger partial charge in [0.05, 0.1) is 0 Å². The minimum absolute atomic E-state index is 0.889. The van der Waals surface area contributed by atoms with E-state index in [1.54, 1.807) is 0 Å². The lowest BCUT2D eigenvalue weighted by molar-refractivity contribution is 0.818. The Labute approximate surface area is 113 Å². The van der Waals surface area contributed by atoms with Crippen LogP contribution in [0.5, 0.6) is 0 Å². The summed E-state index contributed by atoms with van der Waals surface area (Å²) >= 11 is 0. The first-order chi connectivity index (χ1) is 9.38. The second-order valence-corrected chi connectivity index (χ2v) is 4.63. The fraction of sp³-hybridized carbons (Fsp3) is 0.118. The molecule has 0 saturated carbocycles. The van der Waals surface area contributed by atoms with Gasteiger partial charge >= 0.3 is 0 Å². The third-order valence-electron chi connectivity index (χ3n) is 3.30. The Balaban J connectivity index is 2.16. The number of hydrogen-bond donors (Lipinski definition) is 1. The Hall–Kier alpha value is -2.19. The first kappa shape index (κ1) is 11.9. The minimum Gasteiger partial charge on any atom is -0.316 e. The van der Waals surface area contributed by atoms with Gasteiger partial charge < -0.3 is 5.32 Å². The summed E-state index contributed by atoms with van der Waals surface area (Å²) in [5.41, 5.74) is 3.81. The van der Waals surface area contributed by atoms with E-state index >= 15 is 0 Å². The van der Waals surface area contributed by atoms with Gasteiger partial charge in [-0.25, -0.2) is 0 Å². The van der Waals surface area contributed by atoms with E-state index in [4.69, 9.17) is 0 Å². The summed E-state index contributed by atoms with van der Waals surface area (Å²) in [5, 5.41) is 5.62. The highest BCUT2D eigenvalue weighted by atomic mass is 14.8. The van der Waals surface area contributed by atoms with Crippen molar-refractivity contribution in [3.05, 3.63) is 66.5 Å². The zero-order valence-electron chi connectivity index (χ0n) is 10.9. The van der Waals surface area contributed by atoms with E-state index in [-0.39, 0.29) is 0 Å². The van der Waals surface area contributed by atoms with Gasteiger partial charge in [-0.1, -0.05) is 36.4 Å². The monoisotopic (exact) mass is 248 g/mol. The molecule has 1 aromatic heterocycles. The van der Waals surface area contributed by atoms with E-state index in [1.165, 1.54) is 27.5 Å². The molecule has 2 aromatic carbocycles. The first-order valence-electron chi connectivity index (χ1n) is 6.45. The van der Waals surface area contributed by atoms with Gasteiger partial charge in [-0.15, -0.1) is 0 Å². The second-order valence-electron chi connectivity index (χ2n) is 4.63. The van der Waals surface area contributed by atoms with Gasteiger partial charge in [0.25, 0.3) is 0 Å². The van der Waals surface area contributed by atoms with Crippen LogP contribution >= 0.6 is 0 Å². The van der Waals surface area contributed by atoms with Gasteiger partial charge in [-0.2, -0.15) is 0 Å². The summed E-state index contributed by atoms with van der Waals surface area (Å²) in [5.74, 6) is 0. The van der Waals surface area contributed by atoms with Crippen LogP contribution in [0.15, 0.2) is 60.9 Å². The van der Waals surface area contributed by atoms with Crippen molar-refractivity contribution in [2.45, 2.75) is 6.54 Å². The van der Waals surface area contributed by atoms with Crippen molar-refractivity contribution in [2.24, 2.45) is 0 Å². The third kappa shape index (κ3) is 2.35. The molecule has 2 nitrogen and oxygen atoms in total. The molecule has 0 aliphatic rings. The lowest BCUT2D eigenvalue weighted by Gasteiger charge is -2.08. The van der Waals surface area contributed by atoms with Crippen LogP contribution < -0.4 is 5.32 Å². The van der Waals surface area contributed by atoms with E-state index in [0.717, 1.165) is 6.54 Å². The third-order valence-corrected chi connectivity index (χ3v) is 3.30. The fourth-order valence-corrected chi connectivity index (χ4v) is 2.43. The number of pyridine rings is 1. The summed E-state index contributed by atoms with van der Waals surface area (Å²) < 4.78 is 0. The van der Waals surface area contributed by atoms with E-state index in [1.807, 2.05) is 19.4 Å². The lowest BCUT2D eigenvalue weighted by atomic mass is 9.98. The van der Waals surface area contributed by atoms with Crippen LogP contribution in [-0.2, 0) is 6.54 Å². The van der Waals surface area contributed by atoms with Gasteiger partial charge in [0, 0.05) is 24.3 Å². The van der Waals surface area contributed by atoms with Crippen molar-refractivity contribution >= 4 is 10.8 Å². The van der Waals surface area contributed by atoms with Crippen molar-refractivity contribution in [1.29, 1.82) is 0 Å². The molecule has 0 spiro atoms. The van der Waals surface area contributed by atoms with Gasteiger partial charge in [0.15, 0.2) is 0 Å². The van der Waals surface area contributed by atoms with Crippen LogP contribution in [0.2, 0.25) is 0 Å². The normalized spacial score (nSPS) is 10.8. The second kappa shape index (κ2) is 5.21. The smallest absolute Gasteiger partial charge is 0.0346 e. The molecule has 1 heterocycles. The molecule has 2 heteroatoms. The number of benzene rings is 2. The highest BCUT2D eigenvalue weighted by Crippen LogP contribution is 2.28. The maximum absolute atomic E-state index is 4.18. The van der Waals surface area contributed by atoms with E-state index in [2.05, 4.69) is 58.8 Å². The summed E-state index contributed by atoms with van der Waals surface area (Å²) in [6.45, 7) is 0.889. The van der Waals surface area contributed by atoms with Crippen molar-refractivity contribution in [3.63, 3.8) is 0 Å². The maximum atomic E-state index is 4.18. The van der Waals surface area contributed by atoms with E-state index < -0.39 is 0 Å². The van der Waals surface area contributed by atoms with Crippen molar-refractivity contribution in [2.75, 3.05) is 7.05 Å². The molecule has 19 heavy (non-hydrogen) atoms. The molecule has 3 aromatic rings. The number of rotatable bonds is 3. The number of hydrogen-bond acceptors (Lipinski definition) is 2. The van der Waals surface area contributed by atoms with Crippen LogP contribution in [0.4, 0.5) is 0 Å². The van der Waals surface area contributed by atoms with Crippen LogP contribution in [0.3, 0.4) is 0 Å². The molecule has 0 fully saturated rings. The van der Waals surface area contributed by atoms with Crippen molar-refractivity contribution in [3.8, 4) is 11.1 Å². The molecule has 0 amide bonds. The zero-order valence-corrected chi connectivity index (χ0v) is 10.9. The molecule has 3 rings (SSSR count). The topological polar surface area (TPSA) is 24.9 Å². The Kier molecular flexibility index (Phi) is 3.25. The number of fused-ring (bicyclic) bond motifs is 1. The van der Waals surface area contributed by atoms with Crippen LogP contribution in [0, 0.1) is 0 Å². The molecular formula is C17H16N2. The van der Waals surface area contributed by atoms with Gasteiger partial charge in [-0.3, -0.25) is 4.98 Å². The zero-order chi connectivity index (χ0) is 13.1. The highest BCUT2D eigenvalue weighted by Gasteiger charge is 2.04. The van der Waals surface area contributed by atoms with E-state index in [9.17, 15) is 0 Å². The van der Waals surface area contributed by atoms with Gasteiger partial charge in [0.1, 0.15) is 0 Å². The SMILES string of the molecule is CNCc1cccc(-c2cccc3cnccc23)c1.